The molecule has 0 unspecified atom stereocenters. The first-order valence-electron chi connectivity index (χ1n) is 3.36. The van der Waals surface area contributed by atoms with E-state index in [4.69, 9.17) is 0 Å². The summed E-state index contributed by atoms with van der Waals surface area (Å²) in [5, 5.41) is 0. The molecule has 0 N–H and O–H groups in total. The van der Waals surface area contributed by atoms with E-state index in [1.54, 1.807) is 5.57 Å². The van der Waals surface area contributed by atoms with Gasteiger partial charge in [0.1, 0.15) is 0 Å². The molecule has 0 amide bonds. The average Bonchev–Trinajstić information content (AvgIpc) is 1.66. The maximum Gasteiger partial charge on any atom is -0.0110 e. The topological polar surface area (TPSA) is 0 Å². The molecule has 0 bridgehead atoms. The Kier molecular flexibility index (Phi) is 1.18. The third-order valence-corrected chi connectivity index (χ3v) is 2.11. The van der Waals surface area contributed by atoms with E-state index in [0.29, 0.717) is 5.41 Å². The fourth-order valence-corrected chi connectivity index (χ4v) is 1.28. The van der Waals surface area contributed by atoms with Crippen LogP contribution in [0.1, 0.15) is 33.6 Å². The standard InChI is InChI=1S/C8H14/c1-4-7-5-6-8(7,2)3/h5H,4,6H2,1-3H3. The van der Waals surface area contributed by atoms with Crippen molar-refractivity contribution >= 4 is 0 Å². The largest absolute Gasteiger partial charge is 0.0839 e. The maximum absolute atomic E-state index is 2.35. The zero-order chi connectivity index (χ0) is 6.20. The van der Waals surface area contributed by atoms with Gasteiger partial charge in [0.05, 0.1) is 0 Å². The molecule has 0 atom stereocenters. The third kappa shape index (κ3) is 0.683. The highest BCUT2D eigenvalue weighted by molar-refractivity contribution is 5.22. The number of rotatable bonds is 1. The highest BCUT2D eigenvalue weighted by atomic mass is 14.3. The van der Waals surface area contributed by atoms with Crippen molar-refractivity contribution in [2.24, 2.45) is 5.41 Å². The van der Waals surface area contributed by atoms with Crippen LogP contribution in [-0.4, -0.2) is 0 Å². The van der Waals surface area contributed by atoms with Crippen molar-refractivity contribution < 1.29 is 0 Å². The molecule has 1 aliphatic carbocycles. The van der Waals surface area contributed by atoms with Crippen LogP contribution in [0.25, 0.3) is 0 Å². The summed E-state index contributed by atoms with van der Waals surface area (Å²) in [4.78, 5) is 0. The van der Waals surface area contributed by atoms with Crippen LogP contribution in [0.15, 0.2) is 11.6 Å². The molecule has 0 spiro atoms. The normalized spacial score (nSPS) is 24.1. The first-order valence-corrected chi connectivity index (χ1v) is 3.36. The van der Waals surface area contributed by atoms with Gasteiger partial charge >= 0.3 is 0 Å². The summed E-state index contributed by atoms with van der Waals surface area (Å²) < 4.78 is 0. The molecule has 0 aromatic heterocycles. The highest BCUT2D eigenvalue weighted by Crippen LogP contribution is 2.41. The maximum atomic E-state index is 2.35. The molecule has 8 heavy (non-hydrogen) atoms. The van der Waals surface area contributed by atoms with Gasteiger partial charge in [-0.15, -0.1) is 0 Å². The van der Waals surface area contributed by atoms with E-state index in [-0.39, 0.29) is 0 Å². The summed E-state index contributed by atoms with van der Waals surface area (Å²) in [6, 6.07) is 0. The lowest BCUT2D eigenvalue weighted by Crippen LogP contribution is -2.21. The fraction of sp³-hybridized carbons (Fsp3) is 0.750. The van der Waals surface area contributed by atoms with Crippen molar-refractivity contribution in [3.63, 3.8) is 0 Å². The van der Waals surface area contributed by atoms with Crippen molar-refractivity contribution in [2.45, 2.75) is 33.6 Å². The second kappa shape index (κ2) is 1.61. The Hall–Kier alpha value is -0.260. The van der Waals surface area contributed by atoms with E-state index < -0.39 is 0 Å². The van der Waals surface area contributed by atoms with E-state index >= 15 is 0 Å². The van der Waals surface area contributed by atoms with Gasteiger partial charge in [-0.05, 0) is 18.3 Å². The van der Waals surface area contributed by atoms with Crippen molar-refractivity contribution in [1.82, 2.24) is 0 Å². The minimum atomic E-state index is 0.550. The smallest absolute Gasteiger partial charge is 0.0110 e. The van der Waals surface area contributed by atoms with E-state index in [2.05, 4.69) is 26.8 Å². The second-order valence-electron chi connectivity index (χ2n) is 3.17. The molecule has 0 aromatic rings. The Morgan fingerprint density at radius 2 is 2.25 bits per heavy atom. The summed E-state index contributed by atoms with van der Waals surface area (Å²) in [7, 11) is 0. The van der Waals surface area contributed by atoms with Gasteiger partial charge in [0.2, 0.25) is 0 Å². The zero-order valence-electron chi connectivity index (χ0n) is 5.99. The molecule has 0 heteroatoms. The Morgan fingerprint density at radius 3 is 2.25 bits per heavy atom. The first-order chi connectivity index (χ1) is 3.67. The van der Waals surface area contributed by atoms with Crippen molar-refractivity contribution in [3.05, 3.63) is 11.6 Å². The summed E-state index contributed by atoms with van der Waals surface area (Å²) in [6.07, 6.45) is 4.88. The third-order valence-electron chi connectivity index (χ3n) is 2.11. The van der Waals surface area contributed by atoms with Crippen LogP contribution in [0, 0.1) is 5.41 Å². The Bertz CT molecular complexity index is 118. The predicted octanol–water partition coefficient (Wildman–Crippen LogP) is 2.75. The molecule has 0 saturated carbocycles. The molecule has 0 aromatic carbocycles. The van der Waals surface area contributed by atoms with Crippen LogP contribution in [-0.2, 0) is 0 Å². The van der Waals surface area contributed by atoms with Crippen molar-refractivity contribution in [2.75, 3.05) is 0 Å². The zero-order valence-corrected chi connectivity index (χ0v) is 5.99. The Labute approximate surface area is 51.6 Å². The quantitative estimate of drug-likeness (QED) is 0.455. The van der Waals surface area contributed by atoms with Gasteiger partial charge in [-0.1, -0.05) is 32.4 Å². The van der Waals surface area contributed by atoms with Gasteiger partial charge in [-0.2, -0.15) is 0 Å². The monoisotopic (exact) mass is 110 g/mol. The van der Waals surface area contributed by atoms with Gasteiger partial charge in [0.15, 0.2) is 0 Å². The molecule has 46 valence electrons. The van der Waals surface area contributed by atoms with Crippen molar-refractivity contribution in [3.8, 4) is 0 Å². The number of allylic oxidation sites excluding steroid dienone is 2. The molecule has 0 aliphatic heterocycles. The van der Waals surface area contributed by atoms with E-state index in [9.17, 15) is 0 Å². The molecular formula is C8H14. The van der Waals surface area contributed by atoms with E-state index in [1.807, 2.05) is 0 Å². The molecule has 1 rings (SSSR count). The van der Waals surface area contributed by atoms with Gasteiger partial charge in [0.25, 0.3) is 0 Å². The van der Waals surface area contributed by atoms with Crippen LogP contribution >= 0.6 is 0 Å². The van der Waals surface area contributed by atoms with E-state index in [1.165, 1.54) is 12.8 Å². The predicted molar refractivity (Wildman–Crippen MR) is 36.8 cm³/mol. The minimum absolute atomic E-state index is 0.550. The van der Waals surface area contributed by atoms with Crippen LogP contribution in [0.3, 0.4) is 0 Å². The Balaban J connectivity index is 2.59. The molecular weight excluding hydrogens is 96.1 g/mol. The molecule has 0 saturated heterocycles. The van der Waals surface area contributed by atoms with E-state index in [0.717, 1.165) is 0 Å². The minimum Gasteiger partial charge on any atom is -0.0839 e. The van der Waals surface area contributed by atoms with Crippen LogP contribution in [0.4, 0.5) is 0 Å². The lowest BCUT2D eigenvalue weighted by molar-refractivity contribution is 0.388. The fourth-order valence-electron chi connectivity index (χ4n) is 1.28. The van der Waals surface area contributed by atoms with Crippen LogP contribution < -0.4 is 0 Å². The highest BCUT2D eigenvalue weighted by Gasteiger charge is 2.27. The lowest BCUT2D eigenvalue weighted by atomic mass is 9.71. The number of hydrogen-bond donors (Lipinski definition) is 0. The SMILES string of the molecule is CCC1=CCC1(C)C. The number of hydrogen-bond acceptors (Lipinski definition) is 0. The molecule has 0 heterocycles. The molecule has 0 fully saturated rings. The molecule has 0 radical (unpaired) electrons. The Morgan fingerprint density at radius 1 is 1.62 bits per heavy atom. The van der Waals surface area contributed by atoms with Gasteiger partial charge in [-0.3, -0.25) is 0 Å². The van der Waals surface area contributed by atoms with Crippen LogP contribution in [0.5, 0.6) is 0 Å². The molecule has 0 nitrogen and oxygen atoms in total. The summed E-state index contributed by atoms with van der Waals surface area (Å²) in [6.45, 7) is 6.85. The summed E-state index contributed by atoms with van der Waals surface area (Å²) >= 11 is 0. The lowest BCUT2D eigenvalue weighted by Gasteiger charge is -2.34. The van der Waals surface area contributed by atoms with Crippen LogP contribution in [0.2, 0.25) is 0 Å². The summed E-state index contributed by atoms with van der Waals surface area (Å²) in [5.41, 5.74) is 2.19. The first kappa shape index (κ1) is 5.87. The van der Waals surface area contributed by atoms with Gasteiger partial charge in [-0.25, -0.2) is 0 Å². The average molecular weight is 110 g/mol. The summed E-state index contributed by atoms with van der Waals surface area (Å²) in [5.74, 6) is 0. The second-order valence-corrected chi connectivity index (χ2v) is 3.17. The van der Waals surface area contributed by atoms with Gasteiger partial charge in [0, 0.05) is 0 Å². The van der Waals surface area contributed by atoms with Crippen molar-refractivity contribution in [1.29, 1.82) is 0 Å². The van der Waals surface area contributed by atoms with Gasteiger partial charge < -0.3 is 0 Å². The molecule has 1 aliphatic rings.